The number of amides is 2. The van der Waals surface area contributed by atoms with Crippen molar-refractivity contribution in [3.05, 3.63) is 93.6 Å². The fraction of sp³-hybridized carbons (Fsp3) is 0.463. The molecule has 2 aromatic heterocycles. The summed E-state index contributed by atoms with van der Waals surface area (Å²) in [5.74, 6) is 0.185. The largest absolute Gasteiger partial charge is 0.501 e. The minimum atomic E-state index is -4.59. The van der Waals surface area contributed by atoms with Crippen LogP contribution in [0.2, 0.25) is 0 Å². The smallest absolute Gasteiger partial charge is 0.418 e. The van der Waals surface area contributed by atoms with E-state index in [1.54, 1.807) is 38.7 Å². The highest BCUT2D eigenvalue weighted by molar-refractivity contribution is 6.01. The number of methoxy groups -OCH3 is 1. The van der Waals surface area contributed by atoms with Crippen LogP contribution in [-0.2, 0) is 27.5 Å². The molecule has 0 bridgehead atoms. The number of aromatic nitrogens is 2. The number of halogens is 4. The second-order valence-corrected chi connectivity index (χ2v) is 15.1. The van der Waals surface area contributed by atoms with Gasteiger partial charge in [-0.2, -0.15) is 13.2 Å². The number of carbonyl (C=O) groups excluding carboxylic acids is 2. The van der Waals surface area contributed by atoms with E-state index in [9.17, 15) is 27.6 Å². The van der Waals surface area contributed by atoms with Crippen LogP contribution in [0.4, 0.5) is 28.9 Å². The third kappa shape index (κ3) is 8.48. The van der Waals surface area contributed by atoms with Gasteiger partial charge in [0.05, 0.1) is 18.1 Å². The van der Waals surface area contributed by atoms with E-state index in [4.69, 9.17) is 4.74 Å². The van der Waals surface area contributed by atoms with Crippen LogP contribution >= 0.6 is 0 Å². The number of ether oxygens (including phenoxy) is 1. The number of aryl methyl sites for hydroxylation is 1. The van der Waals surface area contributed by atoms with E-state index in [1.807, 2.05) is 11.0 Å². The molecule has 1 aromatic carbocycles. The van der Waals surface area contributed by atoms with Crippen LogP contribution in [0.5, 0.6) is 0 Å². The highest BCUT2D eigenvalue weighted by Gasteiger charge is 2.37. The van der Waals surface area contributed by atoms with Crippen LogP contribution in [0.3, 0.4) is 0 Å². The molecule has 0 saturated carbocycles. The molecule has 292 valence electrons. The average Bonchev–Trinajstić information content (AvgIpc) is 3.50. The van der Waals surface area contributed by atoms with E-state index < -0.39 is 23.7 Å². The quantitative estimate of drug-likeness (QED) is 0.192. The molecule has 0 spiro atoms. The van der Waals surface area contributed by atoms with Crippen molar-refractivity contribution >= 4 is 39.5 Å². The zero-order valence-corrected chi connectivity index (χ0v) is 31.1. The lowest BCUT2D eigenvalue weighted by Gasteiger charge is -2.38. The number of nitrogens with one attached hydrogen (secondary N) is 2. The number of allylic oxidation sites excluding steroid dienone is 5. The van der Waals surface area contributed by atoms with Crippen molar-refractivity contribution in [2.75, 3.05) is 50.1 Å². The molecule has 3 fully saturated rings. The summed E-state index contributed by atoms with van der Waals surface area (Å²) in [6.07, 6.45) is 8.76. The van der Waals surface area contributed by atoms with Crippen molar-refractivity contribution in [3.8, 4) is 0 Å². The molecule has 2 unspecified atom stereocenters. The van der Waals surface area contributed by atoms with Gasteiger partial charge in [0.25, 0.3) is 5.56 Å². The van der Waals surface area contributed by atoms with E-state index in [0.29, 0.717) is 71.1 Å². The Bertz CT molecular complexity index is 2120. The molecular weight excluding hydrogens is 716 g/mol. The molecule has 3 aromatic rings. The number of fused-ring (bicyclic) bond motifs is 1. The summed E-state index contributed by atoms with van der Waals surface area (Å²) in [6.45, 7) is 3.08. The number of hydrogen-bond donors (Lipinski definition) is 2. The zero-order valence-electron chi connectivity index (χ0n) is 31.1. The van der Waals surface area contributed by atoms with Gasteiger partial charge in [-0.15, -0.1) is 0 Å². The van der Waals surface area contributed by atoms with Gasteiger partial charge in [-0.3, -0.25) is 29.6 Å². The molecule has 7 rings (SSSR count). The van der Waals surface area contributed by atoms with Gasteiger partial charge in [0, 0.05) is 75.1 Å². The van der Waals surface area contributed by atoms with Crippen molar-refractivity contribution in [1.82, 2.24) is 19.8 Å². The Morgan fingerprint density at radius 3 is 2.47 bits per heavy atom. The Labute approximate surface area is 316 Å². The summed E-state index contributed by atoms with van der Waals surface area (Å²) in [5.41, 5.74) is 1.34. The topological polar surface area (TPSA) is 109 Å². The molecule has 2 amide bonds. The normalized spacial score (nSPS) is 22.2. The minimum absolute atomic E-state index is 0.126. The molecule has 2 atom stereocenters. The summed E-state index contributed by atoms with van der Waals surface area (Å²) >= 11 is 0. The third-order valence-corrected chi connectivity index (χ3v) is 11.6. The molecule has 4 aliphatic rings. The second-order valence-electron chi connectivity index (χ2n) is 15.1. The van der Waals surface area contributed by atoms with E-state index in [2.05, 4.69) is 20.5 Å². The van der Waals surface area contributed by atoms with Crippen molar-refractivity contribution < 1.29 is 31.9 Å². The van der Waals surface area contributed by atoms with Gasteiger partial charge in [0.1, 0.15) is 17.6 Å². The molecular formula is C41H46F4N6O4. The van der Waals surface area contributed by atoms with Crippen LogP contribution in [0.15, 0.2) is 77.0 Å². The first-order chi connectivity index (χ1) is 26.4. The molecule has 2 N–H and O–H groups in total. The van der Waals surface area contributed by atoms with E-state index in [0.717, 1.165) is 51.3 Å². The van der Waals surface area contributed by atoms with Gasteiger partial charge in [-0.25, -0.2) is 4.39 Å². The average molecular weight is 763 g/mol. The SMILES string of the molecule is COC1=CC(c2cn(C)c(=O)c3cnccc23)=CC(F)=C(CN2CCCC(C3CCN(c4ccc(NC5CCC(=O)NC5=O)cc4C(F)(F)F)CC3)CC2)C1. The molecule has 14 heteroatoms. The molecule has 1 aliphatic carbocycles. The minimum Gasteiger partial charge on any atom is -0.501 e. The number of pyridine rings is 2. The van der Waals surface area contributed by atoms with E-state index >= 15 is 4.39 Å². The predicted octanol–water partition coefficient (Wildman–Crippen LogP) is 6.73. The summed E-state index contributed by atoms with van der Waals surface area (Å²) < 4.78 is 66.3. The molecule has 10 nitrogen and oxygen atoms in total. The number of hydrogen-bond acceptors (Lipinski definition) is 8. The van der Waals surface area contributed by atoms with Crippen LogP contribution in [0, 0.1) is 11.8 Å². The van der Waals surface area contributed by atoms with Crippen LogP contribution in [0.25, 0.3) is 16.3 Å². The number of nitrogens with zero attached hydrogens (tertiary/aromatic N) is 4. The van der Waals surface area contributed by atoms with Crippen molar-refractivity contribution in [3.63, 3.8) is 0 Å². The third-order valence-electron chi connectivity index (χ3n) is 11.6. The van der Waals surface area contributed by atoms with Crippen molar-refractivity contribution in [2.24, 2.45) is 18.9 Å². The maximum atomic E-state index is 16.1. The first kappa shape index (κ1) is 38.3. The van der Waals surface area contributed by atoms with Gasteiger partial charge in [-0.05, 0) is 116 Å². The highest BCUT2D eigenvalue weighted by atomic mass is 19.4. The summed E-state index contributed by atoms with van der Waals surface area (Å²) in [4.78, 5) is 44.7. The van der Waals surface area contributed by atoms with Crippen molar-refractivity contribution in [1.29, 1.82) is 0 Å². The molecule has 3 aliphatic heterocycles. The van der Waals surface area contributed by atoms with Crippen LogP contribution in [0.1, 0.15) is 62.5 Å². The first-order valence-electron chi connectivity index (χ1n) is 18.9. The monoisotopic (exact) mass is 762 g/mol. The molecule has 3 saturated heterocycles. The molecule has 55 heavy (non-hydrogen) atoms. The number of likely N-dealkylation sites (tertiary alicyclic amines) is 1. The Morgan fingerprint density at radius 1 is 0.964 bits per heavy atom. The number of imide groups is 1. The first-order valence-corrected chi connectivity index (χ1v) is 18.9. The molecule has 5 heterocycles. The number of anilines is 2. The maximum Gasteiger partial charge on any atom is 0.418 e. The highest BCUT2D eigenvalue weighted by Crippen LogP contribution is 2.41. The fourth-order valence-electron chi connectivity index (χ4n) is 8.61. The standard InChI is InChI=1S/C41H46F4N6O4/c1-49-24-33(31-9-13-46-22-32(31)40(49)54)27-18-30(55-2)19-28(35(42)20-27)23-50-14-3-4-25(10-15-50)26-11-16-51(17-12-26)37-7-5-29(21-34(37)41(43,44)45)47-36-6-8-38(52)48-39(36)53/h5,7,9,13,18,20-22,24-26,36,47H,3-4,6,8,10-12,14-17,19,23H2,1-2H3,(H,48,52,53). The van der Waals surface area contributed by atoms with Gasteiger partial charge in [-0.1, -0.05) is 0 Å². The van der Waals surface area contributed by atoms with Gasteiger partial charge in [0.2, 0.25) is 11.8 Å². The summed E-state index contributed by atoms with van der Waals surface area (Å²) in [7, 11) is 3.24. The van der Waals surface area contributed by atoms with E-state index in [-0.39, 0.29) is 41.5 Å². The Balaban J connectivity index is 0.991. The number of rotatable bonds is 8. The Kier molecular flexibility index (Phi) is 11.2. The maximum absolute atomic E-state index is 16.1. The number of benzene rings is 1. The fourth-order valence-corrected chi connectivity index (χ4v) is 8.61. The number of carbonyl (C=O) groups is 2. The number of piperidine rings is 2. The lowest BCUT2D eigenvalue weighted by atomic mass is 9.80. The van der Waals surface area contributed by atoms with Gasteiger partial charge < -0.3 is 19.5 Å². The zero-order chi connectivity index (χ0) is 38.9. The second kappa shape index (κ2) is 16.0. The van der Waals surface area contributed by atoms with Gasteiger partial charge in [0.15, 0.2) is 0 Å². The van der Waals surface area contributed by atoms with E-state index in [1.165, 1.54) is 22.9 Å². The Hall–Kier alpha value is -4.98. The summed E-state index contributed by atoms with van der Waals surface area (Å²) in [5, 5.41) is 6.24. The Morgan fingerprint density at radius 2 is 1.73 bits per heavy atom. The summed E-state index contributed by atoms with van der Waals surface area (Å²) in [6, 6.07) is 5.09. The lowest BCUT2D eigenvalue weighted by molar-refractivity contribution is -0.137. The predicted molar refractivity (Wildman–Crippen MR) is 203 cm³/mol. The van der Waals surface area contributed by atoms with Crippen molar-refractivity contribution in [2.45, 2.75) is 63.6 Å². The van der Waals surface area contributed by atoms with Crippen LogP contribution < -0.4 is 21.1 Å². The number of alkyl halides is 3. The van der Waals surface area contributed by atoms with Crippen LogP contribution in [-0.4, -0.2) is 72.1 Å². The molecule has 0 radical (unpaired) electrons. The lowest BCUT2D eigenvalue weighted by Crippen LogP contribution is -2.47. The van der Waals surface area contributed by atoms with Gasteiger partial charge >= 0.3 is 6.18 Å².